The second kappa shape index (κ2) is 5.90. The Hall–Kier alpha value is -2.41. The first-order valence-electron chi connectivity index (χ1n) is 7.00. The summed E-state index contributed by atoms with van der Waals surface area (Å²) >= 11 is 6.18. The highest BCUT2D eigenvalue weighted by molar-refractivity contribution is 6.33. The number of benzene rings is 2. The van der Waals surface area contributed by atoms with Gasteiger partial charge in [0.2, 0.25) is 0 Å². The van der Waals surface area contributed by atoms with Crippen LogP contribution in [0.2, 0.25) is 5.02 Å². The summed E-state index contributed by atoms with van der Waals surface area (Å²) in [6.45, 7) is 0.928. The van der Waals surface area contributed by atoms with E-state index < -0.39 is 12.3 Å². The van der Waals surface area contributed by atoms with Gasteiger partial charge in [0.05, 0.1) is 16.1 Å². The quantitative estimate of drug-likeness (QED) is 0.725. The van der Waals surface area contributed by atoms with Crippen molar-refractivity contribution in [3.63, 3.8) is 0 Å². The topological polar surface area (TPSA) is 57.9 Å². The van der Waals surface area contributed by atoms with Gasteiger partial charge in [0.25, 0.3) is 0 Å². The first-order chi connectivity index (χ1) is 11.3. The minimum absolute atomic E-state index is 0.0181. The molecule has 3 rings (SSSR count). The Bertz CT molecular complexity index is 946. The summed E-state index contributed by atoms with van der Waals surface area (Å²) in [7, 11) is 0. The summed E-state index contributed by atoms with van der Waals surface area (Å²) < 4.78 is 43.4. The third-order valence-electron chi connectivity index (χ3n) is 3.54. The molecule has 0 fully saturated rings. The minimum Gasteiger partial charge on any atom is -0.481 e. The summed E-state index contributed by atoms with van der Waals surface area (Å²) in [6, 6.07) is 9.42. The van der Waals surface area contributed by atoms with Gasteiger partial charge in [-0.05, 0) is 36.8 Å². The van der Waals surface area contributed by atoms with Crippen LogP contribution in [0, 0.1) is 0 Å². The van der Waals surface area contributed by atoms with Crippen LogP contribution < -0.4 is 10.4 Å². The maximum absolute atomic E-state index is 12.8. The van der Waals surface area contributed by atoms with Gasteiger partial charge >= 0.3 is 11.9 Å². The van der Waals surface area contributed by atoms with Crippen LogP contribution in [-0.2, 0) is 0 Å². The van der Waals surface area contributed by atoms with E-state index in [2.05, 4.69) is 9.97 Å². The number of imidazole rings is 1. The SMILES string of the molecule is CC(Oc1cccc(Cl)c1-c1ccc2[nH]c(=O)[nH]c2c1)C(F)(F)F. The molecule has 8 heteroatoms. The van der Waals surface area contributed by atoms with Gasteiger partial charge in [-0.25, -0.2) is 4.79 Å². The van der Waals surface area contributed by atoms with Gasteiger partial charge in [0.15, 0.2) is 6.10 Å². The van der Waals surface area contributed by atoms with Crippen LogP contribution in [0.4, 0.5) is 13.2 Å². The zero-order valence-electron chi connectivity index (χ0n) is 12.4. The smallest absolute Gasteiger partial charge is 0.425 e. The molecule has 2 N–H and O–H groups in total. The lowest BCUT2D eigenvalue weighted by Crippen LogP contribution is -2.31. The Morgan fingerprint density at radius 1 is 1.12 bits per heavy atom. The number of ether oxygens (including phenoxy) is 1. The van der Waals surface area contributed by atoms with Gasteiger partial charge in [0, 0.05) is 5.56 Å². The number of rotatable bonds is 3. The Morgan fingerprint density at radius 3 is 2.54 bits per heavy atom. The van der Waals surface area contributed by atoms with Gasteiger partial charge in [-0.3, -0.25) is 0 Å². The van der Waals surface area contributed by atoms with Gasteiger partial charge in [-0.1, -0.05) is 23.7 Å². The zero-order valence-corrected chi connectivity index (χ0v) is 13.1. The molecule has 126 valence electrons. The molecule has 1 unspecified atom stereocenters. The molecule has 0 radical (unpaired) electrons. The van der Waals surface area contributed by atoms with Gasteiger partial charge < -0.3 is 14.7 Å². The number of hydrogen-bond acceptors (Lipinski definition) is 2. The van der Waals surface area contributed by atoms with Crippen molar-refractivity contribution in [1.82, 2.24) is 9.97 Å². The van der Waals surface area contributed by atoms with E-state index in [1.54, 1.807) is 24.3 Å². The fourth-order valence-electron chi connectivity index (χ4n) is 2.33. The van der Waals surface area contributed by atoms with E-state index in [1.165, 1.54) is 12.1 Å². The molecule has 0 aliphatic carbocycles. The van der Waals surface area contributed by atoms with E-state index in [9.17, 15) is 18.0 Å². The van der Waals surface area contributed by atoms with Crippen LogP contribution >= 0.6 is 11.6 Å². The predicted molar refractivity (Wildman–Crippen MR) is 85.5 cm³/mol. The normalized spacial score (nSPS) is 13.2. The number of aromatic amines is 2. The van der Waals surface area contributed by atoms with Crippen molar-refractivity contribution >= 4 is 22.6 Å². The first-order valence-corrected chi connectivity index (χ1v) is 7.38. The Kier molecular flexibility index (Phi) is 4.04. The highest BCUT2D eigenvalue weighted by atomic mass is 35.5. The average molecular weight is 357 g/mol. The Labute approximate surface area is 139 Å². The number of fused-ring (bicyclic) bond motifs is 1. The molecule has 0 amide bonds. The molecule has 2 aromatic carbocycles. The fraction of sp³-hybridized carbons (Fsp3) is 0.188. The number of hydrogen-bond donors (Lipinski definition) is 2. The van der Waals surface area contributed by atoms with Crippen LogP contribution in [0.3, 0.4) is 0 Å². The Morgan fingerprint density at radius 2 is 1.83 bits per heavy atom. The third-order valence-corrected chi connectivity index (χ3v) is 3.86. The fourth-order valence-corrected chi connectivity index (χ4v) is 2.60. The number of alkyl halides is 3. The lowest BCUT2D eigenvalue weighted by atomic mass is 10.0. The lowest BCUT2D eigenvalue weighted by molar-refractivity contribution is -0.189. The second-order valence-electron chi connectivity index (χ2n) is 5.25. The molecule has 24 heavy (non-hydrogen) atoms. The largest absolute Gasteiger partial charge is 0.481 e. The molecular formula is C16H12ClF3N2O2. The molecule has 1 atom stereocenters. The molecule has 0 spiro atoms. The van der Waals surface area contributed by atoms with Crippen molar-refractivity contribution in [2.24, 2.45) is 0 Å². The maximum atomic E-state index is 12.8. The molecule has 0 aliphatic rings. The van der Waals surface area contributed by atoms with Crippen LogP contribution in [0.25, 0.3) is 22.2 Å². The van der Waals surface area contributed by atoms with Crippen LogP contribution in [0.1, 0.15) is 6.92 Å². The molecule has 3 aromatic rings. The van der Waals surface area contributed by atoms with Crippen LogP contribution in [-0.4, -0.2) is 22.2 Å². The van der Waals surface area contributed by atoms with Crippen molar-refractivity contribution in [3.8, 4) is 16.9 Å². The van der Waals surface area contributed by atoms with Crippen molar-refractivity contribution in [2.45, 2.75) is 19.2 Å². The lowest BCUT2D eigenvalue weighted by Gasteiger charge is -2.20. The molecule has 0 bridgehead atoms. The van der Waals surface area contributed by atoms with E-state index in [0.717, 1.165) is 6.92 Å². The molecule has 0 saturated heterocycles. The van der Waals surface area contributed by atoms with E-state index in [0.29, 0.717) is 22.2 Å². The standard InChI is InChI=1S/C16H12ClF3N2O2/c1-8(16(18,19)20)24-13-4-2-3-10(17)14(13)9-5-6-11-12(7-9)22-15(23)21-11/h2-8H,1H3,(H2,21,22,23). The summed E-state index contributed by atoms with van der Waals surface area (Å²) in [5, 5.41) is 0.249. The number of halogens is 4. The molecule has 1 aromatic heterocycles. The van der Waals surface area contributed by atoms with E-state index >= 15 is 0 Å². The number of H-pyrrole nitrogens is 2. The summed E-state index contributed by atoms with van der Waals surface area (Å²) in [5.74, 6) is 0.0181. The first kappa shape index (κ1) is 16.4. The molecule has 0 aliphatic heterocycles. The molecular weight excluding hydrogens is 345 g/mol. The zero-order chi connectivity index (χ0) is 17.5. The summed E-state index contributed by atoms with van der Waals surface area (Å²) in [4.78, 5) is 16.5. The van der Waals surface area contributed by atoms with Gasteiger partial charge in [-0.15, -0.1) is 0 Å². The highest BCUT2D eigenvalue weighted by Crippen LogP contribution is 2.39. The van der Waals surface area contributed by atoms with Crippen molar-refractivity contribution in [1.29, 1.82) is 0 Å². The minimum atomic E-state index is -4.49. The average Bonchev–Trinajstić information content (AvgIpc) is 2.85. The van der Waals surface area contributed by atoms with Crippen LogP contribution in [0.15, 0.2) is 41.2 Å². The molecule has 4 nitrogen and oxygen atoms in total. The van der Waals surface area contributed by atoms with E-state index in [-0.39, 0.29) is 16.5 Å². The van der Waals surface area contributed by atoms with Crippen molar-refractivity contribution < 1.29 is 17.9 Å². The van der Waals surface area contributed by atoms with E-state index in [4.69, 9.17) is 16.3 Å². The van der Waals surface area contributed by atoms with Crippen molar-refractivity contribution in [3.05, 3.63) is 51.9 Å². The summed E-state index contributed by atoms with van der Waals surface area (Å²) in [6.07, 6.45) is -6.47. The third kappa shape index (κ3) is 3.12. The highest BCUT2D eigenvalue weighted by Gasteiger charge is 2.38. The monoisotopic (exact) mass is 356 g/mol. The second-order valence-corrected chi connectivity index (χ2v) is 5.66. The van der Waals surface area contributed by atoms with Crippen LogP contribution in [0.5, 0.6) is 5.75 Å². The van der Waals surface area contributed by atoms with Crippen molar-refractivity contribution in [2.75, 3.05) is 0 Å². The summed E-state index contributed by atoms with van der Waals surface area (Å²) in [5.41, 5.74) is 1.60. The molecule has 0 saturated carbocycles. The van der Waals surface area contributed by atoms with Gasteiger partial charge in [-0.2, -0.15) is 13.2 Å². The number of aromatic nitrogens is 2. The van der Waals surface area contributed by atoms with E-state index in [1.807, 2.05) is 0 Å². The molecule has 1 heterocycles. The maximum Gasteiger partial charge on any atom is 0.425 e. The Balaban J connectivity index is 2.10. The predicted octanol–water partition coefficient (Wildman–Crippen LogP) is 4.51. The number of nitrogens with one attached hydrogen (secondary N) is 2. The van der Waals surface area contributed by atoms with Gasteiger partial charge in [0.1, 0.15) is 5.75 Å².